The van der Waals surface area contributed by atoms with Crippen LogP contribution in [0.4, 0.5) is 8.78 Å². The van der Waals surface area contributed by atoms with Crippen molar-refractivity contribution in [1.29, 1.82) is 0 Å². The molecule has 3 aliphatic rings. The number of rotatable bonds is 1. The Morgan fingerprint density at radius 2 is 2.21 bits per heavy atom. The van der Waals surface area contributed by atoms with Crippen molar-refractivity contribution in [3.63, 3.8) is 0 Å². The van der Waals surface area contributed by atoms with Crippen LogP contribution in [0.25, 0.3) is 0 Å². The summed E-state index contributed by atoms with van der Waals surface area (Å²) in [5, 5.41) is 3.05. The van der Waals surface area contributed by atoms with Crippen molar-refractivity contribution >= 4 is 0 Å². The second-order valence-electron chi connectivity index (χ2n) is 4.74. The van der Waals surface area contributed by atoms with Crippen LogP contribution in [-0.4, -0.2) is 31.7 Å². The van der Waals surface area contributed by atoms with E-state index >= 15 is 0 Å². The zero-order valence-corrected chi connectivity index (χ0v) is 8.06. The molecule has 0 amide bonds. The first-order valence-corrected chi connectivity index (χ1v) is 5.39. The molecule has 0 aromatic heterocycles. The molecule has 14 heavy (non-hydrogen) atoms. The van der Waals surface area contributed by atoms with Crippen molar-refractivity contribution in [2.75, 3.05) is 19.7 Å². The quantitative estimate of drug-likeness (QED) is 0.695. The molecule has 80 valence electrons. The van der Waals surface area contributed by atoms with Crippen molar-refractivity contribution in [3.05, 3.63) is 0 Å². The summed E-state index contributed by atoms with van der Waals surface area (Å²) in [5.74, 6) is -2.99. The van der Waals surface area contributed by atoms with Gasteiger partial charge in [0.2, 0.25) is 0 Å². The van der Waals surface area contributed by atoms with E-state index in [2.05, 4.69) is 5.32 Å². The highest BCUT2D eigenvalue weighted by molar-refractivity contribution is 5.23. The minimum absolute atomic E-state index is 0.176. The van der Waals surface area contributed by atoms with Gasteiger partial charge in [0.1, 0.15) is 0 Å². The standard InChI is InChI=1S/C10H15F2NO/c11-10(12)8(7-2-1-5-14-7)9(10)3-4-13-6-9/h7-8,13H,1-6H2. The summed E-state index contributed by atoms with van der Waals surface area (Å²) >= 11 is 0. The van der Waals surface area contributed by atoms with Gasteiger partial charge in [0.15, 0.2) is 0 Å². The zero-order chi connectivity index (χ0) is 9.81. The molecule has 1 N–H and O–H groups in total. The van der Waals surface area contributed by atoms with Gasteiger partial charge in [-0.05, 0) is 25.8 Å². The van der Waals surface area contributed by atoms with Crippen molar-refractivity contribution in [1.82, 2.24) is 5.32 Å². The van der Waals surface area contributed by atoms with E-state index in [0.717, 1.165) is 19.4 Å². The Morgan fingerprint density at radius 1 is 1.36 bits per heavy atom. The van der Waals surface area contributed by atoms with Crippen LogP contribution in [0, 0.1) is 11.3 Å². The molecule has 1 saturated carbocycles. The summed E-state index contributed by atoms with van der Waals surface area (Å²) < 4.78 is 32.8. The number of ether oxygens (including phenoxy) is 1. The first-order valence-electron chi connectivity index (χ1n) is 5.39. The second kappa shape index (κ2) is 2.67. The van der Waals surface area contributed by atoms with Gasteiger partial charge in [0.05, 0.1) is 17.4 Å². The molecule has 2 nitrogen and oxygen atoms in total. The highest BCUT2D eigenvalue weighted by Crippen LogP contribution is 2.71. The van der Waals surface area contributed by atoms with Gasteiger partial charge >= 0.3 is 0 Å². The second-order valence-corrected chi connectivity index (χ2v) is 4.74. The third kappa shape index (κ3) is 0.910. The Kier molecular flexibility index (Phi) is 1.72. The Balaban J connectivity index is 1.81. The number of nitrogens with one attached hydrogen (secondary N) is 1. The molecule has 0 bridgehead atoms. The molecule has 0 aromatic carbocycles. The van der Waals surface area contributed by atoms with Gasteiger partial charge in [0.25, 0.3) is 5.92 Å². The molecule has 0 radical (unpaired) electrons. The van der Waals surface area contributed by atoms with Crippen LogP contribution < -0.4 is 5.32 Å². The first-order chi connectivity index (χ1) is 6.68. The van der Waals surface area contributed by atoms with E-state index in [-0.39, 0.29) is 6.10 Å². The summed E-state index contributed by atoms with van der Waals surface area (Å²) in [6, 6.07) is 0. The van der Waals surface area contributed by atoms with Gasteiger partial charge in [-0.25, -0.2) is 8.78 Å². The van der Waals surface area contributed by atoms with E-state index in [9.17, 15) is 8.78 Å². The normalized spacial score (nSPS) is 50.1. The maximum absolute atomic E-state index is 13.7. The predicted molar refractivity (Wildman–Crippen MR) is 47.3 cm³/mol. The smallest absolute Gasteiger partial charge is 0.261 e. The van der Waals surface area contributed by atoms with E-state index in [1.54, 1.807) is 0 Å². The predicted octanol–water partition coefficient (Wildman–Crippen LogP) is 1.41. The number of hydrogen-bond acceptors (Lipinski definition) is 2. The molecule has 3 rings (SSSR count). The molecule has 2 saturated heterocycles. The lowest BCUT2D eigenvalue weighted by Crippen LogP contribution is -2.17. The third-order valence-corrected chi connectivity index (χ3v) is 4.09. The number of alkyl halides is 2. The fourth-order valence-corrected chi connectivity index (χ4v) is 3.26. The van der Waals surface area contributed by atoms with Crippen molar-refractivity contribution in [2.24, 2.45) is 11.3 Å². The molecule has 3 fully saturated rings. The lowest BCUT2D eigenvalue weighted by molar-refractivity contribution is 0.0262. The molecule has 0 aromatic rings. The van der Waals surface area contributed by atoms with Crippen LogP contribution >= 0.6 is 0 Å². The van der Waals surface area contributed by atoms with Gasteiger partial charge < -0.3 is 10.1 Å². The minimum Gasteiger partial charge on any atom is -0.378 e. The topological polar surface area (TPSA) is 21.3 Å². The fraction of sp³-hybridized carbons (Fsp3) is 1.00. The van der Waals surface area contributed by atoms with Crippen LogP contribution in [0.3, 0.4) is 0 Å². The maximum atomic E-state index is 13.7. The molecular formula is C10H15F2NO. The molecular weight excluding hydrogens is 188 g/mol. The fourth-order valence-electron chi connectivity index (χ4n) is 3.26. The molecule has 4 heteroatoms. The highest BCUT2D eigenvalue weighted by Gasteiger charge is 2.82. The first kappa shape index (κ1) is 9.04. The van der Waals surface area contributed by atoms with Crippen LogP contribution in [0.15, 0.2) is 0 Å². The lowest BCUT2D eigenvalue weighted by atomic mass is 9.99. The van der Waals surface area contributed by atoms with Crippen molar-refractivity contribution in [3.8, 4) is 0 Å². The van der Waals surface area contributed by atoms with Gasteiger partial charge in [-0.15, -0.1) is 0 Å². The Bertz CT molecular complexity index is 245. The summed E-state index contributed by atoms with van der Waals surface area (Å²) in [6.07, 6.45) is 2.21. The molecule has 2 aliphatic heterocycles. The molecule has 2 heterocycles. The van der Waals surface area contributed by atoms with E-state index in [0.29, 0.717) is 19.6 Å². The molecule has 3 unspecified atom stereocenters. The van der Waals surface area contributed by atoms with E-state index < -0.39 is 17.3 Å². The van der Waals surface area contributed by atoms with Crippen LogP contribution in [0.5, 0.6) is 0 Å². The summed E-state index contributed by atoms with van der Waals surface area (Å²) in [5.41, 5.74) is -0.748. The van der Waals surface area contributed by atoms with Gasteiger partial charge in [-0.1, -0.05) is 0 Å². The Hall–Kier alpha value is -0.220. The Morgan fingerprint density at radius 3 is 2.79 bits per heavy atom. The van der Waals surface area contributed by atoms with Gasteiger partial charge in [-0.3, -0.25) is 0 Å². The van der Waals surface area contributed by atoms with Crippen LogP contribution in [0.2, 0.25) is 0 Å². The average molecular weight is 203 g/mol. The molecule has 3 atom stereocenters. The SMILES string of the molecule is FC1(F)C(C2CCCO2)C12CCNC2. The Labute approximate surface area is 82.0 Å². The zero-order valence-electron chi connectivity index (χ0n) is 8.06. The van der Waals surface area contributed by atoms with Gasteiger partial charge in [0, 0.05) is 13.2 Å². The third-order valence-electron chi connectivity index (χ3n) is 4.09. The number of halogens is 2. The maximum Gasteiger partial charge on any atom is 0.261 e. The van der Waals surface area contributed by atoms with Crippen molar-refractivity contribution in [2.45, 2.75) is 31.3 Å². The summed E-state index contributed by atoms with van der Waals surface area (Å²) in [7, 11) is 0. The van der Waals surface area contributed by atoms with E-state index in [1.807, 2.05) is 0 Å². The highest BCUT2D eigenvalue weighted by atomic mass is 19.3. The van der Waals surface area contributed by atoms with Crippen LogP contribution in [-0.2, 0) is 4.74 Å². The average Bonchev–Trinajstić information content (AvgIpc) is 2.64. The summed E-state index contributed by atoms with van der Waals surface area (Å²) in [4.78, 5) is 0. The summed E-state index contributed by atoms with van der Waals surface area (Å²) in [6.45, 7) is 1.88. The van der Waals surface area contributed by atoms with E-state index in [1.165, 1.54) is 0 Å². The lowest BCUT2D eigenvalue weighted by Gasteiger charge is -2.09. The van der Waals surface area contributed by atoms with Gasteiger partial charge in [-0.2, -0.15) is 0 Å². The minimum atomic E-state index is -2.48. The van der Waals surface area contributed by atoms with E-state index in [4.69, 9.17) is 4.74 Å². The molecule has 1 spiro atoms. The number of hydrogen-bond donors (Lipinski definition) is 1. The largest absolute Gasteiger partial charge is 0.378 e. The van der Waals surface area contributed by atoms with Crippen molar-refractivity contribution < 1.29 is 13.5 Å². The molecule has 1 aliphatic carbocycles. The van der Waals surface area contributed by atoms with Crippen LogP contribution in [0.1, 0.15) is 19.3 Å². The monoisotopic (exact) mass is 203 g/mol.